The van der Waals surface area contributed by atoms with Crippen LogP contribution in [0.5, 0.6) is 0 Å². The van der Waals surface area contributed by atoms with E-state index in [1.807, 2.05) is 12.1 Å². The summed E-state index contributed by atoms with van der Waals surface area (Å²) in [5.74, 6) is 0. The second-order valence-electron chi connectivity index (χ2n) is 4.30. The highest BCUT2D eigenvalue weighted by Gasteiger charge is 2.12. The minimum absolute atomic E-state index is 0.693. The minimum atomic E-state index is 0.693. The molecular formula is C12H19N3. The van der Waals surface area contributed by atoms with Crippen LogP contribution in [0, 0.1) is 0 Å². The Morgan fingerprint density at radius 2 is 2.07 bits per heavy atom. The van der Waals surface area contributed by atoms with Gasteiger partial charge in [-0.2, -0.15) is 0 Å². The van der Waals surface area contributed by atoms with Gasteiger partial charge in [0.25, 0.3) is 0 Å². The summed E-state index contributed by atoms with van der Waals surface area (Å²) in [5.41, 5.74) is 7.39. The summed E-state index contributed by atoms with van der Waals surface area (Å²) in [6.07, 6.45) is 8.49. The average molecular weight is 205 g/mol. The van der Waals surface area contributed by atoms with Crippen molar-refractivity contribution in [3.05, 3.63) is 24.0 Å². The number of rotatable bonds is 3. The molecule has 3 nitrogen and oxygen atoms in total. The summed E-state index contributed by atoms with van der Waals surface area (Å²) in [6, 6.07) is 4.59. The third-order valence-electron chi connectivity index (χ3n) is 3.02. The van der Waals surface area contributed by atoms with Gasteiger partial charge in [-0.1, -0.05) is 19.3 Å². The topological polar surface area (TPSA) is 50.9 Å². The lowest BCUT2D eigenvalue weighted by molar-refractivity contribution is 0.371. The van der Waals surface area contributed by atoms with Gasteiger partial charge in [-0.15, -0.1) is 0 Å². The molecule has 3 N–H and O–H groups in total. The van der Waals surface area contributed by atoms with E-state index in [-0.39, 0.29) is 0 Å². The molecule has 0 radical (unpaired) electrons. The van der Waals surface area contributed by atoms with Crippen LogP contribution in [0.1, 0.15) is 37.8 Å². The summed E-state index contributed by atoms with van der Waals surface area (Å²) < 4.78 is 0. The van der Waals surface area contributed by atoms with Crippen molar-refractivity contribution in [2.24, 2.45) is 0 Å². The van der Waals surface area contributed by atoms with Crippen molar-refractivity contribution in [3.8, 4) is 0 Å². The Morgan fingerprint density at radius 3 is 2.73 bits per heavy atom. The van der Waals surface area contributed by atoms with Gasteiger partial charge in [0.15, 0.2) is 0 Å². The van der Waals surface area contributed by atoms with Gasteiger partial charge in [0, 0.05) is 12.6 Å². The SMILES string of the molecule is Nc1ccc(CNC2CCCCC2)nc1. The van der Waals surface area contributed by atoms with Gasteiger partial charge >= 0.3 is 0 Å². The fourth-order valence-corrected chi connectivity index (χ4v) is 2.10. The quantitative estimate of drug-likeness (QED) is 0.794. The van der Waals surface area contributed by atoms with Crippen LogP contribution < -0.4 is 11.1 Å². The molecule has 1 aromatic rings. The number of nitrogens with one attached hydrogen (secondary N) is 1. The van der Waals surface area contributed by atoms with E-state index in [2.05, 4.69) is 10.3 Å². The van der Waals surface area contributed by atoms with Crippen molar-refractivity contribution in [3.63, 3.8) is 0 Å². The molecule has 15 heavy (non-hydrogen) atoms. The first-order valence-corrected chi connectivity index (χ1v) is 5.78. The maximum Gasteiger partial charge on any atom is 0.0543 e. The zero-order valence-corrected chi connectivity index (χ0v) is 9.08. The van der Waals surface area contributed by atoms with Crippen molar-refractivity contribution in [1.82, 2.24) is 10.3 Å². The smallest absolute Gasteiger partial charge is 0.0543 e. The van der Waals surface area contributed by atoms with Crippen LogP contribution in [0.15, 0.2) is 18.3 Å². The molecule has 1 aromatic heterocycles. The molecule has 1 heterocycles. The van der Waals surface area contributed by atoms with Gasteiger partial charge in [0.1, 0.15) is 0 Å². The molecule has 2 rings (SSSR count). The zero-order chi connectivity index (χ0) is 10.5. The van der Waals surface area contributed by atoms with E-state index in [0.717, 1.165) is 17.9 Å². The molecule has 0 saturated heterocycles. The molecule has 82 valence electrons. The van der Waals surface area contributed by atoms with Gasteiger partial charge in [0.2, 0.25) is 0 Å². The Kier molecular flexibility index (Phi) is 3.56. The first-order valence-electron chi connectivity index (χ1n) is 5.78. The molecule has 0 amide bonds. The zero-order valence-electron chi connectivity index (χ0n) is 9.08. The number of nitrogen functional groups attached to an aromatic ring is 1. The number of hydrogen-bond acceptors (Lipinski definition) is 3. The third kappa shape index (κ3) is 3.20. The van der Waals surface area contributed by atoms with Crippen molar-refractivity contribution >= 4 is 5.69 Å². The number of aromatic nitrogens is 1. The van der Waals surface area contributed by atoms with E-state index >= 15 is 0 Å². The van der Waals surface area contributed by atoms with Crippen LogP contribution in [-0.2, 0) is 6.54 Å². The normalized spacial score (nSPS) is 17.9. The molecule has 0 bridgehead atoms. The lowest BCUT2D eigenvalue weighted by Gasteiger charge is -2.22. The molecule has 1 saturated carbocycles. The van der Waals surface area contributed by atoms with E-state index in [1.54, 1.807) is 6.20 Å². The highest BCUT2D eigenvalue weighted by Crippen LogP contribution is 2.17. The number of nitrogens with zero attached hydrogens (tertiary/aromatic N) is 1. The Balaban J connectivity index is 1.79. The van der Waals surface area contributed by atoms with E-state index < -0.39 is 0 Å². The fraction of sp³-hybridized carbons (Fsp3) is 0.583. The Morgan fingerprint density at radius 1 is 1.27 bits per heavy atom. The number of anilines is 1. The predicted octanol–water partition coefficient (Wildman–Crippen LogP) is 2.09. The van der Waals surface area contributed by atoms with E-state index in [4.69, 9.17) is 5.73 Å². The number of nitrogens with two attached hydrogens (primary N) is 1. The molecule has 0 aliphatic heterocycles. The van der Waals surface area contributed by atoms with Gasteiger partial charge in [-0.3, -0.25) is 4.98 Å². The van der Waals surface area contributed by atoms with Crippen molar-refractivity contribution in [2.45, 2.75) is 44.7 Å². The van der Waals surface area contributed by atoms with Gasteiger partial charge in [-0.05, 0) is 25.0 Å². The van der Waals surface area contributed by atoms with Crippen molar-refractivity contribution < 1.29 is 0 Å². The van der Waals surface area contributed by atoms with Crippen LogP contribution in [0.2, 0.25) is 0 Å². The monoisotopic (exact) mass is 205 g/mol. The number of pyridine rings is 1. The maximum absolute atomic E-state index is 5.58. The Bertz CT molecular complexity index is 288. The third-order valence-corrected chi connectivity index (χ3v) is 3.02. The van der Waals surface area contributed by atoms with E-state index in [0.29, 0.717) is 6.04 Å². The Labute approximate surface area is 91.1 Å². The van der Waals surface area contributed by atoms with Crippen LogP contribution in [0.25, 0.3) is 0 Å². The van der Waals surface area contributed by atoms with Crippen LogP contribution in [0.4, 0.5) is 5.69 Å². The van der Waals surface area contributed by atoms with E-state index in [9.17, 15) is 0 Å². The molecular weight excluding hydrogens is 186 g/mol. The standard InChI is InChI=1S/C12H19N3/c13-10-6-7-12(14-8-10)9-15-11-4-2-1-3-5-11/h6-8,11,15H,1-5,9,13H2. The van der Waals surface area contributed by atoms with Crippen LogP contribution >= 0.6 is 0 Å². The molecule has 0 spiro atoms. The molecule has 0 aromatic carbocycles. The summed E-state index contributed by atoms with van der Waals surface area (Å²) in [6.45, 7) is 0.866. The maximum atomic E-state index is 5.58. The Hall–Kier alpha value is -1.09. The highest BCUT2D eigenvalue weighted by atomic mass is 14.9. The highest BCUT2D eigenvalue weighted by molar-refractivity contribution is 5.34. The molecule has 0 atom stereocenters. The summed E-state index contributed by atoms with van der Waals surface area (Å²) >= 11 is 0. The fourth-order valence-electron chi connectivity index (χ4n) is 2.10. The lowest BCUT2D eigenvalue weighted by Crippen LogP contribution is -2.30. The largest absolute Gasteiger partial charge is 0.397 e. The molecule has 1 aliphatic rings. The van der Waals surface area contributed by atoms with Crippen molar-refractivity contribution in [2.75, 3.05) is 5.73 Å². The van der Waals surface area contributed by atoms with Crippen molar-refractivity contribution in [1.29, 1.82) is 0 Å². The first kappa shape index (κ1) is 10.4. The summed E-state index contributed by atoms with van der Waals surface area (Å²) in [5, 5.41) is 3.55. The lowest BCUT2D eigenvalue weighted by atomic mass is 9.95. The second-order valence-corrected chi connectivity index (χ2v) is 4.30. The van der Waals surface area contributed by atoms with E-state index in [1.165, 1.54) is 32.1 Å². The van der Waals surface area contributed by atoms with Gasteiger partial charge in [-0.25, -0.2) is 0 Å². The second kappa shape index (κ2) is 5.12. The van der Waals surface area contributed by atoms with Gasteiger partial charge in [0.05, 0.1) is 17.6 Å². The summed E-state index contributed by atoms with van der Waals surface area (Å²) in [4.78, 5) is 4.28. The van der Waals surface area contributed by atoms with Crippen LogP contribution in [0.3, 0.4) is 0 Å². The molecule has 3 heteroatoms. The first-order chi connectivity index (χ1) is 7.34. The summed E-state index contributed by atoms with van der Waals surface area (Å²) in [7, 11) is 0. The minimum Gasteiger partial charge on any atom is -0.397 e. The number of hydrogen-bond donors (Lipinski definition) is 2. The predicted molar refractivity (Wildman–Crippen MR) is 62.4 cm³/mol. The van der Waals surface area contributed by atoms with Crippen LogP contribution in [-0.4, -0.2) is 11.0 Å². The molecule has 0 unspecified atom stereocenters. The average Bonchev–Trinajstić information content (AvgIpc) is 2.30. The van der Waals surface area contributed by atoms with Gasteiger partial charge < -0.3 is 11.1 Å². The molecule has 1 aliphatic carbocycles. The molecule has 1 fully saturated rings.